The molecule has 1 aromatic carbocycles. The van der Waals surface area contributed by atoms with Crippen molar-refractivity contribution in [3.8, 4) is 0 Å². The molecule has 0 spiro atoms. The van der Waals surface area contributed by atoms with Gasteiger partial charge in [-0.05, 0) is 37.6 Å². The second kappa shape index (κ2) is 7.96. The molecular weight excluding hydrogens is 312 g/mol. The van der Waals surface area contributed by atoms with Gasteiger partial charge in [-0.2, -0.15) is 0 Å². The lowest BCUT2D eigenvalue weighted by molar-refractivity contribution is -0.148. The zero-order chi connectivity index (χ0) is 17.5. The molecule has 1 aromatic heterocycles. The number of anilines is 1. The van der Waals surface area contributed by atoms with Gasteiger partial charge in [-0.3, -0.25) is 9.59 Å². The quantitative estimate of drug-likeness (QED) is 0.788. The van der Waals surface area contributed by atoms with E-state index in [2.05, 4.69) is 10.6 Å². The van der Waals surface area contributed by atoms with Crippen molar-refractivity contribution in [3.05, 3.63) is 54.0 Å². The predicted molar refractivity (Wildman–Crippen MR) is 86.4 cm³/mol. The lowest BCUT2D eigenvalue weighted by atomic mass is 10.2. The number of furan rings is 1. The van der Waals surface area contributed by atoms with E-state index in [1.807, 2.05) is 19.1 Å². The molecule has 0 fully saturated rings. The summed E-state index contributed by atoms with van der Waals surface area (Å²) in [5.41, 5.74) is 1.55. The molecule has 0 saturated carbocycles. The van der Waals surface area contributed by atoms with E-state index in [1.54, 1.807) is 18.2 Å². The molecule has 0 aliphatic heterocycles. The van der Waals surface area contributed by atoms with Gasteiger partial charge in [0.25, 0.3) is 11.8 Å². The monoisotopic (exact) mass is 330 g/mol. The van der Waals surface area contributed by atoms with Crippen LogP contribution < -0.4 is 10.6 Å². The summed E-state index contributed by atoms with van der Waals surface area (Å²) in [5.74, 6) is -1.61. The average molecular weight is 330 g/mol. The smallest absolute Gasteiger partial charge is 0.328 e. The minimum absolute atomic E-state index is 0.0898. The molecule has 7 nitrogen and oxygen atoms in total. The SMILES string of the molecule is Cc1ccccc1NC(=O)COC(=O)[C@H](C)NC(=O)c1ccco1. The average Bonchev–Trinajstić information content (AvgIpc) is 3.09. The summed E-state index contributed by atoms with van der Waals surface area (Å²) in [4.78, 5) is 35.4. The topological polar surface area (TPSA) is 97.6 Å². The fourth-order valence-corrected chi connectivity index (χ4v) is 1.90. The van der Waals surface area contributed by atoms with Crippen LogP contribution in [0.2, 0.25) is 0 Å². The highest BCUT2D eigenvalue weighted by Crippen LogP contribution is 2.12. The summed E-state index contributed by atoms with van der Waals surface area (Å²) in [5, 5.41) is 5.07. The largest absolute Gasteiger partial charge is 0.459 e. The lowest BCUT2D eigenvalue weighted by Crippen LogP contribution is -2.40. The Balaban J connectivity index is 1.78. The third-order valence-corrected chi connectivity index (χ3v) is 3.21. The fraction of sp³-hybridized carbons (Fsp3) is 0.235. The first kappa shape index (κ1) is 17.3. The number of amides is 2. The minimum Gasteiger partial charge on any atom is -0.459 e. The molecule has 2 N–H and O–H groups in total. The predicted octanol–water partition coefficient (Wildman–Crippen LogP) is 1.89. The van der Waals surface area contributed by atoms with Crippen molar-refractivity contribution < 1.29 is 23.5 Å². The maximum absolute atomic E-state index is 11.8. The van der Waals surface area contributed by atoms with E-state index in [0.717, 1.165) is 5.56 Å². The van der Waals surface area contributed by atoms with Crippen molar-refractivity contribution in [1.82, 2.24) is 5.32 Å². The van der Waals surface area contributed by atoms with Crippen LogP contribution in [0.4, 0.5) is 5.69 Å². The fourth-order valence-electron chi connectivity index (χ4n) is 1.90. The van der Waals surface area contributed by atoms with Gasteiger partial charge in [-0.15, -0.1) is 0 Å². The number of hydrogen-bond donors (Lipinski definition) is 2. The maximum atomic E-state index is 11.8. The number of nitrogens with one attached hydrogen (secondary N) is 2. The van der Waals surface area contributed by atoms with Gasteiger partial charge >= 0.3 is 5.97 Å². The van der Waals surface area contributed by atoms with E-state index in [0.29, 0.717) is 5.69 Å². The van der Waals surface area contributed by atoms with Crippen LogP contribution in [0.3, 0.4) is 0 Å². The van der Waals surface area contributed by atoms with Crippen LogP contribution in [0, 0.1) is 6.92 Å². The first-order chi connectivity index (χ1) is 11.5. The zero-order valence-electron chi connectivity index (χ0n) is 13.4. The second-order valence-electron chi connectivity index (χ2n) is 5.14. The first-order valence-electron chi connectivity index (χ1n) is 7.34. The third-order valence-electron chi connectivity index (χ3n) is 3.21. The molecule has 0 saturated heterocycles. The molecule has 0 bridgehead atoms. The van der Waals surface area contributed by atoms with E-state index in [9.17, 15) is 14.4 Å². The van der Waals surface area contributed by atoms with Gasteiger partial charge in [-0.1, -0.05) is 18.2 Å². The van der Waals surface area contributed by atoms with Crippen molar-refractivity contribution in [2.75, 3.05) is 11.9 Å². The van der Waals surface area contributed by atoms with Crippen LogP contribution in [-0.4, -0.2) is 30.4 Å². The van der Waals surface area contributed by atoms with Crippen molar-refractivity contribution in [1.29, 1.82) is 0 Å². The minimum atomic E-state index is -0.908. The molecule has 0 aliphatic carbocycles. The van der Waals surface area contributed by atoms with E-state index < -0.39 is 30.4 Å². The van der Waals surface area contributed by atoms with Gasteiger partial charge in [-0.25, -0.2) is 4.79 Å². The molecule has 0 radical (unpaired) electrons. The molecule has 2 aromatic rings. The van der Waals surface area contributed by atoms with Crippen LogP contribution in [0.1, 0.15) is 23.0 Å². The Kier molecular flexibility index (Phi) is 5.73. The number of rotatable bonds is 6. The highest BCUT2D eigenvalue weighted by Gasteiger charge is 2.20. The summed E-state index contributed by atoms with van der Waals surface area (Å²) in [6.07, 6.45) is 1.35. The lowest BCUT2D eigenvalue weighted by Gasteiger charge is -2.13. The molecule has 126 valence electrons. The number of carbonyl (C=O) groups is 3. The molecule has 2 rings (SSSR count). The van der Waals surface area contributed by atoms with Gasteiger partial charge in [0.05, 0.1) is 6.26 Å². The zero-order valence-corrected chi connectivity index (χ0v) is 13.4. The Labute approximate surface area is 139 Å². The Bertz CT molecular complexity index is 724. The third kappa shape index (κ3) is 4.70. The summed E-state index contributed by atoms with van der Waals surface area (Å²) in [6.45, 7) is 2.88. The van der Waals surface area contributed by atoms with Crippen molar-refractivity contribution in [2.24, 2.45) is 0 Å². The summed E-state index contributed by atoms with van der Waals surface area (Å²) < 4.78 is 9.82. The molecule has 7 heteroatoms. The Morgan fingerprint density at radius 3 is 2.58 bits per heavy atom. The number of para-hydroxylation sites is 1. The van der Waals surface area contributed by atoms with Gasteiger partial charge in [0, 0.05) is 5.69 Å². The van der Waals surface area contributed by atoms with Crippen LogP contribution >= 0.6 is 0 Å². The van der Waals surface area contributed by atoms with Crippen LogP contribution in [0.25, 0.3) is 0 Å². The Hall–Kier alpha value is -3.09. The Morgan fingerprint density at radius 2 is 1.92 bits per heavy atom. The number of esters is 1. The molecule has 24 heavy (non-hydrogen) atoms. The number of ether oxygens (including phenoxy) is 1. The highest BCUT2D eigenvalue weighted by atomic mass is 16.5. The van der Waals surface area contributed by atoms with Crippen LogP contribution in [-0.2, 0) is 14.3 Å². The molecule has 2 amide bonds. The van der Waals surface area contributed by atoms with Crippen molar-refractivity contribution >= 4 is 23.5 Å². The van der Waals surface area contributed by atoms with Crippen molar-refractivity contribution in [3.63, 3.8) is 0 Å². The maximum Gasteiger partial charge on any atom is 0.328 e. The molecule has 0 unspecified atom stereocenters. The molecule has 0 aliphatic rings. The summed E-state index contributed by atoms with van der Waals surface area (Å²) in [7, 11) is 0. The van der Waals surface area contributed by atoms with Crippen molar-refractivity contribution in [2.45, 2.75) is 19.9 Å². The van der Waals surface area contributed by atoms with E-state index in [4.69, 9.17) is 9.15 Å². The normalized spacial score (nSPS) is 11.4. The number of aryl methyl sites for hydroxylation is 1. The molecular formula is C17H18N2O5. The van der Waals surface area contributed by atoms with Crippen LogP contribution in [0.5, 0.6) is 0 Å². The van der Waals surface area contributed by atoms with Crippen LogP contribution in [0.15, 0.2) is 47.1 Å². The van der Waals surface area contributed by atoms with Gasteiger partial charge in [0.2, 0.25) is 0 Å². The highest BCUT2D eigenvalue weighted by molar-refractivity contribution is 5.96. The van der Waals surface area contributed by atoms with Gasteiger partial charge in [0.15, 0.2) is 12.4 Å². The number of benzene rings is 1. The number of hydrogen-bond acceptors (Lipinski definition) is 5. The number of carbonyl (C=O) groups excluding carboxylic acids is 3. The van der Waals surface area contributed by atoms with E-state index in [1.165, 1.54) is 19.3 Å². The standard InChI is InChI=1S/C17H18N2O5/c1-11-6-3-4-7-13(11)19-15(20)10-24-17(22)12(2)18-16(21)14-8-5-9-23-14/h3-9,12H,10H2,1-2H3,(H,18,21)(H,19,20)/t12-/m0/s1. The first-order valence-corrected chi connectivity index (χ1v) is 7.34. The Morgan fingerprint density at radius 1 is 1.17 bits per heavy atom. The van der Waals surface area contributed by atoms with Gasteiger partial charge in [0.1, 0.15) is 6.04 Å². The summed E-state index contributed by atoms with van der Waals surface area (Å²) in [6, 6.07) is 9.38. The van der Waals surface area contributed by atoms with E-state index >= 15 is 0 Å². The van der Waals surface area contributed by atoms with Gasteiger partial charge < -0.3 is 19.8 Å². The van der Waals surface area contributed by atoms with E-state index in [-0.39, 0.29) is 5.76 Å². The second-order valence-corrected chi connectivity index (χ2v) is 5.14. The summed E-state index contributed by atoms with van der Waals surface area (Å²) >= 11 is 0. The molecule has 1 heterocycles. The molecule has 1 atom stereocenters.